The summed E-state index contributed by atoms with van der Waals surface area (Å²) >= 11 is 0. The van der Waals surface area contributed by atoms with Gasteiger partial charge in [-0.25, -0.2) is 9.97 Å². The summed E-state index contributed by atoms with van der Waals surface area (Å²) < 4.78 is 0. The molecule has 0 aliphatic rings. The van der Waals surface area contributed by atoms with Gasteiger partial charge in [0.1, 0.15) is 17.3 Å². The van der Waals surface area contributed by atoms with Crippen molar-refractivity contribution in [3.8, 4) is 0 Å². The van der Waals surface area contributed by atoms with E-state index in [2.05, 4.69) is 34.4 Å². The van der Waals surface area contributed by atoms with E-state index in [9.17, 15) is 4.79 Å². The molecular formula is C17H22N4O. The van der Waals surface area contributed by atoms with E-state index >= 15 is 0 Å². The minimum absolute atomic E-state index is 0.193. The summed E-state index contributed by atoms with van der Waals surface area (Å²) in [5, 5.41) is 6.15. The van der Waals surface area contributed by atoms with Gasteiger partial charge in [0.25, 0.3) is 5.91 Å². The Morgan fingerprint density at radius 3 is 2.64 bits per heavy atom. The van der Waals surface area contributed by atoms with Crippen molar-refractivity contribution in [3.05, 3.63) is 53.5 Å². The summed E-state index contributed by atoms with van der Waals surface area (Å²) in [6.07, 6.45) is 0.985. The molecule has 5 nitrogen and oxygen atoms in total. The van der Waals surface area contributed by atoms with Crippen molar-refractivity contribution < 1.29 is 4.79 Å². The highest BCUT2D eigenvalue weighted by Crippen LogP contribution is 2.09. The van der Waals surface area contributed by atoms with Gasteiger partial charge in [0, 0.05) is 18.7 Å². The number of rotatable bonds is 6. The molecule has 2 rings (SSSR count). The Labute approximate surface area is 131 Å². The zero-order chi connectivity index (χ0) is 15.9. The van der Waals surface area contributed by atoms with E-state index in [1.165, 1.54) is 0 Å². The first-order valence-electron chi connectivity index (χ1n) is 7.53. The molecule has 0 saturated heterocycles. The number of carbonyl (C=O) groups is 1. The van der Waals surface area contributed by atoms with Crippen LogP contribution in [0, 0.1) is 6.92 Å². The molecule has 0 aliphatic heterocycles. The number of nitrogens with one attached hydrogen (secondary N) is 2. The lowest BCUT2D eigenvalue weighted by atomic mass is 10.2. The lowest BCUT2D eigenvalue weighted by Gasteiger charge is -2.13. The van der Waals surface area contributed by atoms with E-state index in [0.717, 1.165) is 12.0 Å². The summed E-state index contributed by atoms with van der Waals surface area (Å²) in [5.74, 6) is 1.08. The predicted octanol–water partition coefficient (Wildman–Crippen LogP) is 2.93. The number of aromatic nitrogens is 2. The minimum atomic E-state index is -0.193. The third kappa shape index (κ3) is 4.55. The highest BCUT2D eigenvalue weighted by atomic mass is 16.1. The number of anilines is 1. The first-order valence-corrected chi connectivity index (χ1v) is 7.53. The monoisotopic (exact) mass is 298 g/mol. The predicted molar refractivity (Wildman–Crippen MR) is 87.8 cm³/mol. The van der Waals surface area contributed by atoms with Gasteiger partial charge in [0.15, 0.2) is 0 Å². The van der Waals surface area contributed by atoms with E-state index in [-0.39, 0.29) is 5.91 Å². The van der Waals surface area contributed by atoms with Crippen LogP contribution in [-0.2, 0) is 6.54 Å². The zero-order valence-electron chi connectivity index (χ0n) is 13.3. The Morgan fingerprint density at radius 2 is 1.95 bits per heavy atom. The fraction of sp³-hybridized carbons (Fsp3) is 0.353. The molecular weight excluding hydrogens is 276 g/mol. The molecule has 22 heavy (non-hydrogen) atoms. The first kappa shape index (κ1) is 15.9. The molecule has 1 aromatic carbocycles. The Bertz CT molecular complexity index is 628. The third-order valence-corrected chi connectivity index (χ3v) is 3.37. The van der Waals surface area contributed by atoms with E-state index in [1.54, 1.807) is 13.0 Å². The maximum absolute atomic E-state index is 12.2. The highest BCUT2D eigenvalue weighted by molar-refractivity contribution is 5.92. The van der Waals surface area contributed by atoms with Gasteiger partial charge >= 0.3 is 0 Å². The first-order chi connectivity index (χ1) is 10.6. The smallest absolute Gasteiger partial charge is 0.270 e. The lowest BCUT2D eigenvalue weighted by Crippen LogP contribution is -2.25. The number of hydrogen-bond donors (Lipinski definition) is 2. The van der Waals surface area contributed by atoms with Gasteiger partial charge in [0.05, 0.1) is 0 Å². The normalized spacial score (nSPS) is 11.8. The summed E-state index contributed by atoms with van der Waals surface area (Å²) in [5.41, 5.74) is 1.44. The Morgan fingerprint density at radius 1 is 1.23 bits per heavy atom. The summed E-state index contributed by atoms with van der Waals surface area (Å²) in [4.78, 5) is 20.8. The molecule has 1 atom stereocenters. The molecule has 1 heterocycles. The molecule has 1 unspecified atom stereocenters. The number of nitrogens with zero attached hydrogens (tertiary/aromatic N) is 2. The average Bonchev–Trinajstić information content (AvgIpc) is 2.52. The molecule has 0 saturated carbocycles. The molecule has 0 bridgehead atoms. The van der Waals surface area contributed by atoms with Crippen LogP contribution in [-0.4, -0.2) is 21.9 Å². The van der Waals surface area contributed by atoms with E-state index < -0.39 is 0 Å². The van der Waals surface area contributed by atoms with Crippen LogP contribution in [0.3, 0.4) is 0 Å². The minimum Gasteiger partial charge on any atom is -0.368 e. The maximum atomic E-state index is 12.2. The van der Waals surface area contributed by atoms with Crippen molar-refractivity contribution >= 4 is 11.7 Å². The molecule has 116 valence electrons. The zero-order valence-corrected chi connectivity index (χ0v) is 13.3. The SMILES string of the molecule is CCC(C)Nc1cc(C(=O)NCc2ccccc2)nc(C)n1. The van der Waals surface area contributed by atoms with Crippen molar-refractivity contribution in [3.63, 3.8) is 0 Å². The van der Waals surface area contributed by atoms with Crippen molar-refractivity contribution in [2.24, 2.45) is 0 Å². The standard InChI is InChI=1S/C17H22N4O/c1-4-12(2)19-16-10-15(20-13(3)21-16)17(22)18-11-14-8-6-5-7-9-14/h5-10,12H,4,11H2,1-3H3,(H,18,22)(H,19,20,21). The Hall–Kier alpha value is -2.43. The van der Waals surface area contributed by atoms with Crippen LogP contribution in [0.25, 0.3) is 0 Å². The summed E-state index contributed by atoms with van der Waals surface area (Å²) in [6, 6.07) is 11.8. The van der Waals surface area contributed by atoms with E-state index in [0.29, 0.717) is 29.9 Å². The van der Waals surface area contributed by atoms with Gasteiger partial charge in [-0.3, -0.25) is 4.79 Å². The van der Waals surface area contributed by atoms with Gasteiger partial charge in [0.2, 0.25) is 0 Å². The molecule has 5 heteroatoms. The largest absolute Gasteiger partial charge is 0.368 e. The van der Waals surface area contributed by atoms with E-state index in [1.807, 2.05) is 30.3 Å². The molecule has 2 N–H and O–H groups in total. The van der Waals surface area contributed by atoms with Crippen LogP contribution >= 0.6 is 0 Å². The molecule has 0 fully saturated rings. The average molecular weight is 298 g/mol. The number of amides is 1. The Kier molecular flexibility index (Phi) is 5.47. The maximum Gasteiger partial charge on any atom is 0.270 e. The van der Waals surface area contributed by atoms with Crippen LogP contribution < -0.4 is 10.6 Å². The van der Waals surface area contributed by atoms with Crippen LogP contribution in [0.2, 0.25) is 0 Å². The number of carbonyl (C=O) groups excluding carboxylic acids is 1. The Balaban J connectivity index is 2.05. The van der Waals surface area contributed by atoms with E-state index in [4.69, 9.17) is 0 Å². The fourth-order valence-corrected chi connectivity index (χ4v) is 1.98. The number of hydrogen-bond acceptors (Lipinski definition) is 4. The van der Waals surface area contributed by atoms with Crippen molar-refractivity contribution in [2.45, 2.75) is 39.8 Å². The van der Waals surface area contributed by atoms with Crippen molar-refractivity contribution in [1.29, 1.82) is 0 Å². The van der Waals surface area contributed by atoms with Gasteiger partial charge in [-0.2, -0.15) is 0 Å². The van der Waals surface area contributed by atoms with Gasteiger partial charge < -0.3 is 10.6 Å². The summed E-state index contributed by atoms with van der Waals surface area (Å²) in [7, 11) is 0. The number of aryl methyl sites for hydroxylation is 1. The second-order valence-electron chi connectivity index (χ2n) is 5.31. The molecule has 0 radical (unpaired) electrons. The molecule has 2 aromatic rings. The third-order valence-electron chi connectivity index (χ3n) is 3.37. The second kappa shape index (κ2) is 7.54. The van der Waals surface area contributed by atoms with Gasteiger partial charge in [-0.05, 0) is 25.8 Å². The van der Waals surface area contributed by atoms with Gasteiger partial charge in [-0.15, -0.1) is 0 Å². The highest BCUT2D eigenvalue weighted by Gasteiger charge is 2.11. The molecule has 0 aliphatic carbocycles. The van der Waals surface area contributed by atoms with Crippen LogP contribution in [0.15, 0.2) is 36.4 Å². The van der Waals surface area contributed by atoms with Crippen molar-refractivity contribution in [2.75, 3.05) is 5.32 Å². The summed E-state index contributed by atoms with van der Waals surface area (Å²) in [6.45, 7) is 6.44. The molecule has 1 amide bonds. The lowest BCUT2D eigenvalue weighted by molar-refractivity contribution is 0.0945. The topological polar surface area (TPSA) is 66.9 Å². The van der Waals surface area contributed by atoms with Crippen LogP contribution in [0.5, 0.6) is 0 Å². The quantitative estimate of drug-likeness (QED) is 0.860. The number of benzene rings is 1. The van der Waals surface area contributed by atoms with Crippen LogP contribution in [0.1, 0.15) is 42.1 Å². The molecule has 1 aromatic heterocycles. The van der Waals surface area contributed by atoms with Crippen molar-refractivity contribution in [1.82, 2.24) is 15.3 Å². The van der Waals surface area contributed by atoms with Crippen LogP contribution in [0.4, 0.5) is 5.82 Å². The molecule has 0 spiro atoms. The van der Waals surface area contributed by atoms with Gasteiger partial charge in [-0.1, -0.05) is 37.3 Å². The second-order valence-corrected chi connectivity index (χ2v) is 5.31. The fourth-order valence-electron chi connectivity index (χ4n) is 1.98.